The smallest absolute Gasteiger partial charge is 0.329 e. The van der Waals surface area contributed by atoms with Crippen molar-refractivity contribution < 1.29 is 39.2 Å². The molecule has 2 heterocycles. The molecule has 0 aromatic heterocycles. The van der Waals surface area contributed by atoms with E-state index < -0.39 is 53.7 Å². The molecule has 0 radical (unpaired) electrons. The van der Waals surface area contributed by atoms with Gasteiger partial charge in [-0.15, -0.1) is 0 Å². The molecule has 3 N–H and O–H groups in total. The van der Waals surface area contributed by atoms with Crippen molar-refractivity contribution in [3.8, 4) is 0 Å². The fourth-order valence-electron chi connectivity index (χ4n) is 6.56. The van der Waals surface area contributed by atoms with Crippen LogP contribution < -0.4 is 0 Å². The predicted octanol–water partition coefficient (Wildman–Crippen LogP) is 4.27. The van der Waals surface area contributed by atoms with Crippen LogP contribution in [0.2, 0.25) is 0 Å². The second kappa shape index (κ2) is 15.6. The Labute approximate surface area is 269 Å². The third-order valence-corrected chi connectivity index (χ3v) is 10.2. The monoisotopic (exact) mass is 715 g/mol. The van der Waals surface area contributed by atoms with Gasteiger partial charge in [-0.1, -0.05) is 80.2 Å². The fraction of sp³-hybridized carbons (Fsp3) is 0.727. The van der Waals surface area contributed by atoms with Crippen molar-refractivity contribution >= 4 is 40.3 Å². The van der Waals surface area contributed by atoms with E-state index in [2.05, 4.69) is 22.6 Å². The van der Waals surface area contributed by atoms with Gasteiger partial charge in [0.15, 0.2) is 0 Å². The van der Waals surface area contributed by atoms with Crippen molar-refractivity contribution in [1.29, 1.82) is 0 Å². The van der Waals surface area contributed by atoms with Gasteiger partial charge in [-0.25, -0.2) is 4.79 Å². The van der Waals surface area contributed by atoms with E-state index in [1.807, 2.05) is 52.8 Å². The van der Waals surface area contributed by atoms with Gasteiger partial charge in [0, 0.05) is 16.9 Å². The average Bonchev–Trinajstić information content (AvgIpc) is 2.97. The minimum atomic E-state index is -2.22. The van der Waals surface area contributed by atoms with Crippen LogP contribution in [-0.2, 0) is 23.9 Å². The van der Waals surface area contributed by atoms with Gasteiger partial charge < -0.3 is 29.7 Å². The SMILES string of the molecule is CCC1OC(O)(C(=O)C(=O)N2CCCCC2C(=O)OC(/C(C)=C/C(C)=C/C2C=CC(O)C(O)C2)C(C)C)C(C)CC1CI. The maximum atomic E-state index is 13.6. The largest absolute Gasteiger partial charge is 0.456 e. The molecular formula is C33H50INO8. The lowest BCUT2D eigenvalue weighted by molar-refractivity contribution is -0.273. The molecule has 0 aromatic rings. The number of amides is 1. The first kappa shape index (κ1) is 35.9. The first-order valence-corrected chi connectivity index (χ1v) is 17.2. The first-order valence-electron chi connectivity index (χ1n) is 15.7. The molecule has 43 heavy (non-hydrogen) atoms. The number of ketones is 1. The topological polar surface area (TPSA) is 134 Å². The summed E-state index contributed by atoms with van der Waals surface area (Å²) < 4.78 is 12.8. The highest BCUT2D eigenvalue weighted by Crippen LogP contribution is 2.39. The predicted molar refractivity (Wildman–Crippen MR) is 172 cm³/mol. The molecule has 0 saturated carbocycles. The first-order chi connectivity index (χ1) is 20.2. The quantitative estimate of drug-likeness (QED) is 0.0764. The van der Waals surface area contributed by atoms with E-state index in [1.165, 1.54) is 4.90 Å². The van der Waals surface area contributed by atoms with Crippen molar-refractivity contribution in [3.05, 3.63) is 35.5 Å². The number of carbonyl (C=O) groups is 3. The number of aliphatic hydroxyl groups is 3. The lowest BCUT2D eigenvalue weighted by Gasteiger charge is -2.45. The number of nitrogens with zero attached hydrogens (tertiary/aromatic N) is 1. The van der Waals surface area contributed by atoms with Crippen LogP contribution in [0.3, 0.4) is 0 Å². The summed E-state index contributed by atoms with van der Waals surface area (Å²) in [7, 11) is 0. The lowest BCUT2D eigenvalue weighted by Crippen LogP contribution is -2.62. The van der Waals surface area contributed by atoms with Gasteiger partial charge in [-0.2, -0.15) is 0 Å². The van der Waals surface area contributed by atoms with Gasteiger partial charge in [0.05, 0.1) is 18.3 Å². The van der Waals surface area contributed by atoms with Crippen molar-refractivity contribution in [2.24, 2.45) is 23.7 Å². The zero-order valence-corrected chi connectivity index (χ0v) is 28.5. The molecule has 0 bridgehead atoms. The van der Waals surface area contributed by atoms with Gasteiger partial charge in [0.2, 0.25) is 5.79 Å². The van der Waals surface area contributed by atoms with E-state index in [-0.39, 0.29) is 30.4 Å². The highest BCUT2D eigenvalue weighted by atomic mass is 127. The summed E-state index contributed by atoms with van der Waals surface area (Å²) in [6.07, 6.45) is 8.21. The summed E-state index contributed by atoms with van der Waals surface area (Å²) in [5.41, 5.74) is 1.76. The molecule has 242 valence electrons. The zero-order chi connectivity index (χ0) is 32.1. The molecule has 0 spiro atoms. The van der Waals surface area contributed by atoms with Gasteiger partial charge in [0.1, 0.15) is 12.1 Å². The second-order valence-electron chi connectivity index (χ2n) is 12.9. The van der Waals surface area contributed by atoms with Gasteiger partial charge >= 0.3 is 5.97 Å². The molecule has 3 rings (SSSR count). The Bertz CT molecular complexity index is 1100. The van der Waals surface area contributed by atoms with Gasteiger partial charge in [-0.05, 0) is 75.7 Å². The standard InChI is InChI=1S/C33H50INO8/c1-7-28-24(18-34)16-22(6)33(41,43-28)30(38)31(39)35-13-9-8-10-25(35)32(40)42-29(19(2)3)21(5)14-20(4)15-23-11-12-26(36)27(37)17-23/h11-12,14-15,19,22-29,36-37,41H,7-10,13,16-18H2,1-6H3/b20-15+,21-14+. The normalized spacial score (nSPS) is 34.7. The molecular weight excluding hydrogens is 665 g/mol. The average molecular weight is 716 g/mol. The van der Waals surface area contributed by atoms with Crippen molar-refractivity contribution in [3.63, 3.8) is 0 Å². The third kappa shape index (κ3) is 8.56. The molecule has 2 aliphatic heterocycles. The number of allylic oxidation sites excluding steroid dienone is 4. The molecule has 2 saturated heterocycles. The summed E-state index contributed by atoms with van der Waals surface area (Å²) in [6, 6.07) is -0.928. The molecule has 0 aromatic carbocycles. The second-order valence-corrected chi connectivity index (χ2v) is 13.8. The number of alkyl halides is 1. The Morgan fingerprint density at radius 1 is 1.16 bits per heavy atom. The number of aliphatic hydroxyl groups excluding tert-OH is 2. The van der Waals surface area contributed by atoms with Crippen LogP contribution in [-0.4, -0.2) is 85.1 Å². The number of likely N-dealkylation sites (tertiary alicyclic amines) is 1. The zero-order valence-electron chi connectivity index (χ0n) is 26.4. The lowest BCUT2D eigenvalue weighted by atomic mass is 9.80. The number of carbonyl (C=O) groups excluding carboxylic acids is 3. The van der Waals surface area contributed by atoms with E-state index in [0.717, 1.165) is 15.6 Å². The number of piperidine rings is 1. The van der Waals surface area contributed by atoms with Crippen molar-refractivity contribution in [2.75, 3.05) is 11.0 Å². The maximum absolute atomic E-state index is 13.6. The number of hydrogen-bond donors (Lipinski definition) is 3. The minimum absolute atomic E-state index is 0.0207. The minimum Gasteiger partial charge on any atom is -0.456 e. The number of rotatable bonds is 10. The molecule has 3 aliphatic rings. The summed E-state index contributed by atoms with van der Waals surface area (Å²) in [5, 5.41) is 31.1. The maximum Gasteiger partial charge on any atom is 0.329 e. The van der Waals surface area contributed by atoms with E-state index in [1.54, 1.807) is 13.0 Å². The number of ether oxygens (including phenoxy) is 2. The Hall–Kier alpha value is -1.60. The van der Waals surface area contributed by atoms with E-state index in [4.69, 9.17) is 9.47 Å². The summed E-state index contributed by atoms with van der Waals surface area (Å²) in [5.74, 6) is -5.17. The molecule has 2 fully saturated rings. The van der Waals surface area contributed by atoms with E-state index in [9.17, 15) is 29.7 Å². The van der Waals surface area contributed by atoms with Crippen molar-refractivity contribution in [2.45, 2.75) is 116 Å². The summed E-state index contributed by atoms with van der Waals surface area (Å²) in [4.78, 5) is 42.0. The molecule has 9 unspecified atom stereocenters. The van der Waals surface area contributed by atoms with Crippen LogP contribution in [0.25, 0.3) is 0 Å². The third-order valence-electron chi connectivity index (χ3n) is 9.03. The van der Waals surface area contributed by atoms with Crippen LogP contribution in [0.4, 0.5) is 0 Å². The number of halogens is 1. The van der Waals surface area contributed by atoms with Crippen molar-refractivity contribution in [1.82, 2.24) is 4.90 Å². The van der Waals surface area contributed by atoms with Crippen LogP contribution in [0.5, 0.6) is 0 Å². The van der Waals surface area contributed by atoms with E-state index in [0.29, 0.717) is 38.5 Å². The fourth-order valence-corrected chi connectivity index (χ4v) is 7.49. The Morgan fingerprint density at radius 3 is 2.47 bits per heavy atom. The summed E-state index contributed by atoms with van der Waals surface area (Å²) in [6.45, 7) is 11.6. The number of hydrogen-bond acceptors (Lipinski definition) is 8. The van der Waals surface area contributed by atoms with Gasteiger partial charge in [0.25, 0.3) is 11.7 Å². The highest BCUT2D eigenvalue weighted by molar-refractivity contribution is 14.1. The van der Waals surface area contributed by atoms with Gasteiger partial charge in [-0.3, -0.25) is 9.59 Å². The Morgan fingerprint density at radius 2 is 1.86 bits per heavy atom. The Kier molecular flexibility index (Phi) is 13.0. The molecule has 9 atom stereocenters. The van der Waals surface area contributed by atoms with Crippen LogP contribution >= 0.6 is 22.6 Å². The Balaban J connectivity index is 1.75. The number of Topliss-reactive ketones (excluding diaryl/α,β-unsaturated/α-hetero) is 1. The van der Waals surface area contributed by atoms with E-state index >= 15 is 0 Å². The van der Waals surface area contributed by atoms with Crippen LogP contribution in [0.1, 0.15) is 80.1 Å². The number of esters is 1. The highest BCUT2D eigenvalue weighted by Gasteiger charge is 2.54. The molecule has 10 heteroatoms. The molecule has 9 nitrogen and oxygen atoms in total. The van der Waals surface area contributed by atoms with Crippen LogP contribution in [0, 0.1) is 23.7 Å². The molecule has 1 amide bonds. The molecule has 1 aliphatic carbocycles. The van der Waals surface area contributed by atoms with Crippen LogP contribution in [0.15, 0.2) is 35.5 Å². The summed E-state index contributed by atoms with van der Waals surface area (Å²) >= 11 is 2.28.